The van der Waals surface area contributed by atoms with Gasteiger partial charge in [-0.2, -0.15) is 0 Å². The molecule has 188 valence electrons. The number of carbonyl (C=O) groups excluding carboxylic acids is 2. The molecule has 2 aliphatic heterocycles. The quantitative estimate of drug-likeness (QED) is 0.434. The molecule has 0 N–H and O–H groups in total. The Morgan fingerprint density at radius 1 is 0.919 bits per heavy atom. The van der Waals surface area contributed by atoms with Crippen molar-refractivity contribution in [3.63, 3.8) is 0 Å². The average Bonchev–Trinajstić information content (AvgIpc) is 3.32. The van der Waals surface area contributed by atoms with Gasteiger partial charge in [0.25, 0.3) is 5.91 Å². The second-order valence-corrected chi connectivity index (χ2v) is 9.77. The van der Waals surface area contributed by atoms with Crippen LogP contribution in [0.5, 0.6) is 0 Å². The summed E-state index contributed by atoms with van der Waals surface area (Å²) in [5.41, 5.74) is 4.34. The predicted molar refractivity (Wildman–Crippen MR) is 141 cm³/mol. The third-order valence-corrected chi connectivity index (χ3v) is 7.52. The molecule has 9 heteroatoms. The molecule has 4 heterocycles. The summed E-state index contributed by atoms with van der Waals surface area (Å²) in [5.74, 6) is -0.303. The SMILES string of the molecule is Cc1c(C(=O)N2c3ccccc3CCC2C(=O)N2CCN(C)CC2)nnn1-c1cccc2ncccc12. The maximum absolute atomic E-state index is 14.2. The second kappa shape index (κ2) is 9.40. The fourth-order valence-corrected chi connectivity index (χ4v) is 5.41. The van der Waals surface area contributed by atoms with Crippen molar-refractivity contribution in [2.45, 2.75) is 25.8 Å². The smallest absolute Gasteiger partial charge is 0.281 e. The number of rotatable bonds is 3. The summed E-state index contributed by atoms with van der Waals surface area (Å²) in [7, 11) is 2.06. The number of hydrogen-bond acceptors (Lipinski definition) is 6. The molecule has 2 amide bonds. The van der Waals surface area contributed by atoms with Gasteiger partial charge in [0.1, 0.15) is 6.04 Å². The van der Waals surface area contributed by atoms with E-state index in [9.17, 15) is 9.59 Å². The number of para-hydroxylation sites is 1. The van der Waals surface area contributed by atoms with Crippen LogP contribution in [0.15, 0.2) is 60.8 Å². The van der Waals surface area contributed by atoms with Crippen molar-refractivity contribution in [1.82, 2.24) is 29.8 Å². The Balaban J connectivity index is 1.39. The zero-order valence-electron chi connectivity index (χ0n) is 21.0. The molecule has 9 nitrogen and oxygen atoms in total. The number of aryl methyl sites for hydroxylation is 1. The molecule has 37 heavy (non-hydrogen) atoms. The van der Waals surface area contributed by atoms with E-state index in [-0.39, 0.29) is 17.5 Å². The molecule has 2 aromatic heterocycles. The third kappa shape index (κ3) is 4.05. The summed E-state index contributed by atoms with van der Waals surface area (Å²) in [6, 6.07) is 16.9. The number of amides is 2. The van der Waals surface area contributed by atoms with Crippen molar-refractivity contribution in [2.24, 2.45) is 0 Å². The first-order valence-electron chi connectivity index (χ1n) is 12.7. The van der Waals surface area contributed by atoms with Crippen molar-refractivity contribution >= 4 is 28.4 Å². The molecule has 1 saturated heterocycles. The lowest BCUT2D eigenvalue weighted by Crippen LogP contribution is -2.57. The lowest BCUT2D eigenvalue weighted by Gasteiger charge is -2.40. The third-order valence-electron chi connectivity index (χ3n) is 7.52. The fraction of sp³-hybridized carbons (Fsp3) is 0.321. The highest BCUT2D eigenvalue weighted by Crippen LogP contribution is 2.33. The van der Waals surface area contributed by atoms with E-state index in [2.05, 4.69) is 27.2 Å². The molecule has 2 aliphatic rings. The van der Waals surface area contributed by atoms with Gasteiger partial charge in [-0.25, -0.2) is 4.68 Å². The molecule has 4 aromatic rings. The van der Waals surface area contributed by atoms with Crippen LogP contribution in [0.3, 0.4) is 0 Å². The Kier molecular flexibility index (Phi) is 5.92. The van der Waals surface area contributed by atoms with Gasteiger partial charge in [0.2, 0.25) is 5.91 Å². The standard InChI is InChI=1S/C28H29N7O2/c1-19-26(30-31-35(19)24-11-5-9-22-21(24)8-6-14-29-22)28(37)34-23-10-4-3-7-20(23)12-13-25(34)27(36)33-17-15-32(2)16-18-33/h3-11,14,25H,12-13,15-18H2,1-2H3. The Hall–Kier alpha value is -4.11. The van der Waals surface area contributed by atoms with Crippen LogP contribution in [-0.2, 0) is 11.2 Å². The number of carbonyl (C=O) groups is 2. The van der Waals surface area contributed by atoms with Gasteiger partial charge in [0.05, 0.1) is 16.9 Å². The minimum atomic E-state index is -0.572. The molecule has 1 unspecified atom stereocenters. The maximum Gasteiger partial charge on any atom is 0.281 e. The van der Waals surface area contributed by atoms with E-state index in [1.807, 2.05) is 66.4 Å². The van der Waals surface area contributed by atoms with Crippen molar-refractivity contribution in [3.05, 3.63) is 77.7 Å². The zero-order chi connectivity index (χ0) is 25.5. The van der Waals surface area contributed by atoms with Crippen LogP contribution in [0.2, 0.25) is 0 Å². The summed E-state index contributed by atoms with van der Waals surface area (Å²) >= 11 is 0. The zero-order valence-corrected chi connectivity index (χ0v) is 21.0. The topological polar surface area (TPSA) is 87.5 Å². The molecule has 0 radical (unpaired) electrons. The molecule has 0 aliphatic carbocycles. The lowest BCUT2D eigenvalue weighted by molar-refractivity contribution is -0.134. The van der Waals surface area contributed by atoms with Gasteiger partial charge in [0.15, 0.2) is 5.69 Å². The van der Waals surface area contributed by atoms with Crippen LogP contribution in [0.1, 0.15) is 28.2 Å². The second-order valence-electron chi connectivity index (χ2n) is 9.77. The van der Waals surface area contributed by atoms with Gasteiger partial charge in [0, 0.05) is 43.4 Å². The van der Waals surface area contributed by atoms with Crippen LogP contribution >= 0.6 is 0 Å². The summed E-state index contributed by atoms with van der Waals surface area (Å²) in [4.78, 5) is 38.1. The number of pyridine rings is 1. The summed E-state index contributed by atoms with van der Waals surface area (Å²) in [6.07, 6.45) is 3.08. The van der Waals surface area contributed by atoms with Gasteiger partial charge in [-0.15, -0.1) is 5.10 Å². The largest absolute Gasteiger partial charge is 0.338 e. The van der Waals surface area contributed by atoms with Gasteiger partial charge < -0.3 is 9.80 Å². The number of piperazine rings is 1. The highest BCUT2D eigenvalue weighted by Gasteiger charge is 2.40. The van der Waals surface area contributed by atoms with Crippen LogP contribution in [0.25, 0.3) is 16.6 Å². The van der Waals surface area contributed by atoms with Gasteiger partial charge in [-0.05, 0) is 62.7 Å². The lowest BCUT2D eigenvalue weighted by atomic mass is 9.94. The number of nitrogens with zero attached hydrogens (tertiary/aromatic N) is 7. The Bertz CT molecular complexity index is 1480. The van der Waals surface area contributed by atoms with E-state index < -0.39 is 6.04 Å². The van der Waals surface area contributed by atoms with E-state index in [1.165, 1.54) is 0 Å². The summed E-state index contributed by atoms with van der Waals surface area (Å²) < 4.78 is 1.68. The fourth-order valence-electron chi connectivity index (χ4n) is 5.41. The normalized spacial score (nSPS) is 18.2. The molecule has 1 atom stereocenters. The molecule has 1 fully saturated rings. The first kappa shape index (κ1) is 23.3. The Labute approximate surface area is 215 Å². The number of benzene rings is 2. The van der Waals surface area contributed by atoms with E-state index in [1.54, 1.807) is 15.8 Å². The van der Waals surface area contributed by atoms with Crippen LogP contribution in [0.4, 0.5) is 5.69 Å². The highest BCUT2D eigenvalue weighted by atomic mass is 16.2. The number of hydrogen-bond donors (Lipinski definition) is 0. The number of fused-ring (bicyclic) bond motifs is 2. The minimum absolute atomic E-state index is 0.00104. The van der Waals surface area contributed by atoms with Crippen molar-refractivity contribution in [2.75, 3.05) is 38.1 Å². The van der Waals surface area contributed by atoms with Crippen molar-refractivity contribution < 1.29 is 9.59 Å². The van der Waals surface area contributed by atoms with Crippen LogP contribution in [0, 0.1) is 6.92 Å². The number of likely N-dealkylation sites (N-methyl/N-ethyl adjacent to an activating group) is 1. The molecular weight excluding hydrogens is 466 g/mol. The van der Waals surface area contributed by atoms with Crippen molar-refractivity contribution in [3.8, 4) is 5.69 Å². The minimum Gasteiger partial charge on any atom is -0.338 e. The molecule has 0 saturated carbocycles. The Morgan fingerprint density at radius 2 is 1.70 bits per heavy atom. The van der Waals surface area contributed by atoms with Gasteiger partial charge in [-0.3, -0.25) is 19.5 Å². The first-order valence-corrected chi connectivity index (χ1v) is 12.7. The molecule has 0 spiro atoms. The number of anilines is 1. The maximum atomic E-state index is 14.2. The van der Waals surface area contributed by atoms with Gasteiger partial charge in [-0.1, -0.05) is 29.5 Å². The van der Waals surface area contributed by atoms with Gasteiger partial charge >= 0.3 is 0 Å². The average molecular weight is 496 g/mol. The summed E-state index contributed by atoms with van der Waals surface area (Å²) in [5, 5.41) is 9.62. The van der Waals surface area contributed by atoms with Crippen LogP contribution < -0.4 is 4.90 Å². The molecule has 0 bridgehead atoms. The van der Waals surface area contributed by atoms with Crippen LogP contribution in [-0.4, -0.2) is 80.9 Å². The predicted octanol–water partition coefficient (Wildman–Crippen LogP) is 2.86. The highest BCUT2D eigenvalue weighted by molar-refractivity contribution is 6.10. The van der Waals surface area contributed by atoms with E-state index in [4.69, 9.17) is 0 Å². The number of aromatic nitrogens is 4. The summed E-state index contributed by atoms with van der Waals surface area (Å²) in [6.45, 7) is 4.84. The molecule has 6 rings (SSSR count). The van der Waals surface area contributed by atoms with E-state index >= 15 is 0 Å². The van der Waals surface area contributed by atoms with E-state index in [0.29, 0.717) is 25.2 Å². The van der Waals surface area contributed by atoms with Crippen molar-refractivity contribution in [1.29, 1.82) is 0 Å². The monoisotopic (exact) mass is 495 g/mol. The first-order chi connectivity index (χ1) is 18.0. The Morgan fingerprint density at radius 3 is 2.54 bits per heavy atom. The van der Waals surface area contributed by atoms with E-state index in [0.717, 1.165) is 47.4 Å². The molecular formula is C28H29N7O2. The molecule has 2 aromatic carbocycles.